The molecule has 1 fully saturated rings. The first kappa shape index (κ1) is 32.4. The fourth-order valence-electron chi connectivity index (χ4n) is 4.67. The van der Waals surface area contributed by atoms with E-state index in [1.165, 1.54) is 18.2 Å². The zero-order valence-electron chi connectivity index (χ0n) is 25.3. The molecule has 11 heteroatoms. The normalized spacial score (nSPS) is 13.9. The molecule has 236 valence electrons. The predicted octanol–water partition coefficient (Wildman–Crippen LogP) is 7.53. The molecule has 1 N–H and O–H groups in total. The van der Waals surface area contributed by atoms with Gasteiger partial charge < -0.3 is 18.9 Å². The highest BCUT2D eigenvalue weighted by molar-refractivity contribution is 6.39. The number of ether oxygens (including phenoxy) is 4. The topological polar surface area (TPSA) is 103 Å². The second kappa shape index (κ2) is 14.4. The number of hydrogen-bond donors (Lipinski definition) is 1. The summed E-state index contributed by atoms with van der Waals surface area (Å²) in [4.78, 5) is 39.6. The third-order valence-electron chi connectivity index (χ3n) is 7.01. The smallest absolute Gasteiger partial charge is 0.335 e. The Balaban J connectivity index is 1.36. The Hall–Kier alpha value is -4.99. The Kier molecular flexibility index (Phi) is 10.1. The summed E-state index contributed by atoms with van der Waals surface area (Å²) in [5.74, 6) is 0.0638. The summed E-state index contributed by atoms with van der Waals surface area (Å²) in [6.45, 7) is 4.42. The Bertz CT molecular complexity index is 1830. The molecule has 0 unspecified atom stereocenters. The third kappa shape index (κ3) is 7.28. The van der Waals surface area contributed by atoms with Gasteiger partial charge in [-0.25, -0.2) is 9.69 Å². The molecule has 0 saturated carbocycles. The van der Waals surface area contributed by atoms with Gasteiger partial charge in [0.25, 0.3) is 11.8 Å². The number of benzene rings is 4. The van der Waals surface area contributed by atoms with Crippen LogP contribution >= 0.6 is 23.2 Å². The lowest BCUT2D eigenvalue weighted by molar-refractivity contribution is -0.122. The largest absolute Gasteiger partial charge is 0.493 e. The standard InChI is InChI=1S/C35H30Cl2N2O7/c1-4-44-31-17-24(14-26-33(40)38-35(42)39(34(26)41)25-12-10-21(2)27(36)18-25)15-28(37)32(31)46-20-23-11-13-29(30(16-23)43-3)45-19-22-8-6-5-7-9-22/h5-18H,4,19-20H2,1-3H3,(H,38,40,42)/b26-14+. The van der Waals surface area contributed by atoms with Gasteiger partial charge in [-0.15, -0.1) is 0 Å². The Morgan fingerprint density at radius 3 is 2.26 bits per heavy atom. The minimum absolute atomic E-state index is 0.132. The summed E-state index contributed by atoms with van der Waals surface area (Å²) < 4.78 is 23.4. The molecule has 0 atom stereocenters. The number of urea groups is 1. The summed E-state index contributed by atoms with van der Waals surface area (Å²) >= 11 is 12.9. The van der Waals surface area contributed by atoms with Crippen LogP contribution < -0.4 is 29.2 Å². The first-order valence-corrected chi connectivity index (χ1v) is 15.0. The van der Waals surface area contributed by atoms with Crippen LogP contribution in [0.4, 0.5) is 10.5 Å². The van der Waals surface area contributed by atoms with E-state index in [-0.39, 0.29) is 28.6 Å². The van der Waals surface area contributed by atoms with Crippen LogP contribution in [0.15, 0.2) is 84.4 Å². The second-order valence-electron chi connectivity index (χ2n) is 10.2. The van der Waals surface area contributed by atoms with Crippen LogP contribution in [0, 0.1) is 6.92 Å². The van der Waals surface area contributed by atoms with Gasteiger partial charge >= 0.3 is 6.03 Å². The lowest BCUT2D eigenvalue weighted by Gasteiger charge is -2.26. The van der Waals surface area contributed by atoms with Gasteiger partial charge in [0.05, 0.1) is 24.4 Å². The Labute approximate surface area is 276 Å². The monoisotopic (exact) mass is 660 g/mol. The summed E-state index contributed by atoms with van der Waals surface area (Å²) in [7, 11) is 1.56. The maximum Gasteiger partial charge on any atom is 0.335 e. The van der Waals surface area contributed by atoms with Crippen molar-refractivity contribution in [1.82, 2.24) is 5.32 Å². The van der Waals surface area contributed by atoms with Gasteiger partial charge in [0.15, 0.2) is 23.0 Å². The number of imide groups is 2. The van der Waals surface area contributed by atoms with Gasteiger partial charge in [0.1, 0.15) is 18.8 Å². The van der Waals surface area contributed by atoms with Crippen molar-refractivity contribution in [2.45, 2.75) is 27.1 Å². The number of nitrogens with one attached hydrogen (secondary N) is 1. The van der Waals surface area contributed by atoms with Gasteiger partial charge in [-0.3, -0.25) is 14.9 Å². The van der Waals surface area contributed by atoms with E-state index in [2.05, 4.69) is 5.32 Å². The molecule has 1 aliphatic rings. The molecule has 1 heterocycles. The van der Waals surface area contributed by atoms with Crippen LogP contribution in [0.5, 0.6) is 23.0 Å². The highest BCUT2D eigenvalue weighted by Gasteiger charge is 2.37. The fourth-order valence-corrected chi connectivity index (χ4v) is 5.11. The van der Waals surface area contributed by atoms with Crippen LogP contribution in [0.2, 0.25) is 10.0 Å². The van der Waals surface area contributed by atoms with Crippen molar-refractivity contribution in [3.05, 3.63) is 117 Å². The number of aryl methyl sites for hydroxylation is 1. The third-order valence-corrected chi connectivity index (χ3v) is 7.69. The van der Waals surface area contributed by atoms with E-state index in [0.29, 0.717) is 41.0 Å². The molecule has 4 aromatic carbocycles. The average molecular weight is 662 g/mol. The van der Waals surface area contributed by atoms with Crippen molar-refractivity contribution in [3.8, 4) is 23.0 Å². The highest BCUT2D eigenvalue weighted by Crippen LogP contribution is 2.39. The van der Waals surface area contributed by atoms with Crippen molar-refractivity contribution in [1.29, 1.82) is 0 Å². The SMILES string of the molecule is CCOc1cc(/C=C2\C(=O)NC(=O)N(c3ccc(C)c(Cl)c3)C2=O)cc(Cl)c1OCc1ccc(OCc2ccccc2)c(OC)c1. The lowest BCUT2D eigenvalue weighted by atomic mass is 10.1. The molecule has 4 aromatic rings. The van der Waals surface area contributed by atoms with E-state index in [0.717, 1.165) is 21.6 Å². The average Bonchev–Trinajstić information content (AvgIpc) is 3.04. The molecule has 4 amide bonds. The van der Waals surface area contributed by atoms with Crippen LogP contribution in [-0.4, -0.2) is 31.6 Å². The molecule has 0 spiro atoms. The van der Waals surface area contributed by atoms with E-state index < -0.39 is 17.8 Å². The van der Waals surface area contributed by atoms with E-state index in [9.17, 15) is 14.4 Å². The molecule has 5 rings (SSSR count). The molecule has 0 aromatic heterocycles. The van der Waals surface area contributed by atoms with Gasteiger partial charge in [-0.2, -0.15) is 0 Å². The quantitative estimate of drug-likeness (QED) is 0.131. The minimum atomic E-state index is -0.878. The lowest BCUT2D eigenvalue weighted by Crippen LogP contribution is -2.54. The molecule has 46 heavy (non-hydrogen) atoms. The van der Waals surface area contributed by atoms with Crippen molar-refractivity contribution in [2.75, 3.05) is 18.6 Å². The zero-order chi connectivity index (χ0) is 32.8. The molecule has 0 aliphatic carbocycles. The minimum Gasteiger partial charge on any atom is -0.493 e. The van der Waals surface area contributed by atoms with E-state index in [1.54, 1.807) is 39.2 Å². The summed E-state index contributed by atoms with van der Waals surface area (Å²) in [5, 5.41) is 2.76. The van der Waals surface area contributed by atoms with E-state index in [4.69, 9.17) is 42.1 Å². The van der Waals surface area contributed by atoms with Gasteiger partial charge in [-0.05, 0) is 78.6 Å². The number of nitrogens with zero attached hydrogens (tertiary/aromatic N) is 1. The molecule has 9 nitrogen and oxygen atoms in total. The predicted molar refractivity (Wildman–Crippen MR) is 176 cm³/mol. The van der Waals surface area contributed by atoms with Crippen molar-refractivity contribution < 1.29 is 33.3 Å². The number of rotatable bonds is 11. The first-order chi connectivity index (χ1) is 22.2. The van der Waals surface area contributed by atoms with Gasteiger partial charge in [0.2, 0.25) is 0 Å². The van der Waals surface area contributed by atoms with Crippen LogP contribution in [0.3, 0.4) is 0 Å². The summed E-state index contributed by atoms with van der Waals surface area (Å²) in [6.07, 6.45) is 1.34. The van der Waals surface area contributed by atoms with Crippen LogP contribution in [0.25, 0.3) is 6.08 Å². The highest BCUT2D eigenvalue weighted by atomic mass is 35.5. The number of hydrogen-bond acceptors (Lipinski definition) is 7. The molecule has 1 aliphatic heterocycles. The van der Waals surface area contributed by atoms with Crippen molar-refractivity contribution in [2.24, 2.45) is 0 Å². The number of barbiturate groups is 1. The van der Waals surface area contributed by atoms with Crippen molar-refractivity contribution in [3.63, 3.8) is 0 Å². The van der Waals surface area contributed by atoms with Crippen LogP contribution in [0.1, 0.15) is 29.2 Å². The van der Waals surface area contributed by atoms with Gasteiger partial charge in [0, 0.05) is 5.02 Å². The number of halogens is 2. The Morgan fingerprint density at radius 2 is 1.54 bits per heavy atom. The molecule has 0 radical (unpaired) electrons. The van der Waals surface area contributed by atoms with E-state index in [1.807, 2.05) is 48.5 Å². The zero-order valence-corrected chi connectivity index (χ0v) is 26.8. The molecule has 1 saturated heterocycles. The molecular formula is C35H30Cl2N2O7. The fraction of sp³-hybridized carbons (Fsp3) is 0.171. The van der Waals surface area contributed by atoms with E-state index >= 15 is 0 Å². The second-order valence-corrected chi connectivity index (χ2v) is 11.0. The first-order valence-electron chi connectivity index (χ1n) is 14.3. The maximum atomic E-state index is 13.4. The van der Waals surface area contributed by atoms with Gasteiger partial charge in [-0.1, -0.05) is 65.7 Å². The molecule has 0 bridgehead atoms. The number of carbonyl (C=O) groups is 3. The molecular weight excluding hydrogens is 631 g/mol. The number of carbonyl (C=O) groups excluding carboxylic acids is 3. The van der Waals surface area contributed by atoms with Crippen LogP contribution in [-0.2, 0) is 22.8 Å². The summed E-state index contributed by atoms with van der Waals surface area (Å²) in [5.41, 5.74) is 2.93. The number of anilines is 1. The van der Waals surface area contributed by atoms with Crippen molar-refractivity contribution >= 4 is 52.8 Å². The number of methoxy groups -OCH3 is 1. The number of amides is 4. The Morgan fingerprint density at radius 1 is 0.783 bits per heavy atom. The summed E-state index contributed by atoms with van der Waals surface area (Å²) in [6, 6.07) is 22.3. The maximum absolute atomic E-state index is 13.4.